The van der Waals surface area contributed by atoms with Gasteiger partial charge in [-0.2, -0.15) is 0 Å². The molecule has 0 spiro atoms. The zero-order chi connectivity index (χ0) is 18.2. The van der Waals surface area contributed by atoms with Gasteiger partial charge in [-0.15, -0.1) is 0 Å². The number of nitrogens with one attached hydrogen (secondary N) is 1. The van der Waals surface area contributed by atoms with Crippen LogP contribution >= 0.6 is 0 Å². The Morgan fingerprint density at radius 1 is 0.931 bits per heavy atom. The van der Waals surface area contributed by atoms with Crippen LogP contribution in [0.5, 0.6) is 5.75 Å². The smallest absolute Gasteiger partial charge is 0.525 e. The van der Waals surface area contributed by atoms with E-state index in [9.17, 15) is 4.79 Å². The molecule has 1 amide bonds. The van der Waals surface area contributed by atoms with E-state index in [1.165, 1.54) is 0 Å². The Kier molecular flexibility index (Phi) is 13.7. The minimum absolute atomic E-state index is 0. The first-order valence-electron chi connectivity index (χ1n) is 8.52. The summed E-state index contributed by atoms with van der Waals surface area (Å²) in [4.78, 5) is 16.5. The fourth-order valence-corrected chi connectivity index (χ4v) is 2.58. The Labute approximate surface area is 217 Å². The van der Waals surface area contributed by atoms with Gasteiger partial charge in [0.2, 0.25) is 5.91 Å². The number of ether oxygens (including phenoxy) is 1. The van der Waals surface area contributed by atoms with Gasteiger partial charge in [-0.25, -0.2) is 0 Å². The third kappa shape index (κ3) is 8.80. The fourth-order valence-electron chi connectivity index (χ4n) is 2.58. The Morgan fingerprint density at radius 3 is 2.17 bits per heavy atom. The summed E-state index contributed by atoms with van der Waals surface area (Å²) in [5, 5.41) is 2.91. The molecule has 0 aliphatic heterocycles. The van der Waals surface area contributed by atoms with Crippen LogP contribution in [0, 0.1) is 21.8 Å². The monoisotopic (exact) mass is 414 g/mol. The third-order valence-corrected chi connectivity index (χ3v) is 3.96. The Bertz CT molecular complexity index is 835. The van der Waals surface area contributed by atoms with Crippen LogP contribution in [0.1, 0.15) is 11.3 Å². The van der Waals surface area contributed by atoms with Crippen LogP contribution in [-0.2, 0) is 17.8 Å². The van der Waals surface area contributed by atoms with Crippen LogP contribution in [0.25, 0.3) is 11.1 Å². The van der Waals surface area contributed by atoms with Crippen molar-refractivity contribution >= 4 is 5.91 Å². The van der Waals surface area contributed by atoms with Crippen LogP contribution < -0.4 is 61.4 Å². The van der Waals surface area contributed by atoms with Gasteiger partial charge in [0.15, 0.2) is 0 Å². The molecular weight excluding hydrogens is 387 g/mol. The van der Waals surface area contributed by atoms with E-state index >= 15 is 0 Å². The molecule has 0 aliphatic rings. The average molecular weight is 415 g/mol. The van der Waals surface area contributed by atoms with Gasteiger partial charge in [0.25, 0.3) is 0 Å². The second-order valence-corrected chi connectivity index (χ2v) is 5.85. The third-order valence-electron chi connectivity index (χ3n) is 3.96. The molecule has 0 saturated heterocycles. The van der Waals surface area contributed by atoms with Gasteiger partial charge in [-0.3, -0.25) is 9.78 Å². The number of rotatable bonds is 7. The maximum absolute atomic E-state index is 12.1. The van der Waals surface area contributed by atoms with Crippen LogP contribution in [0.4, 0.5) is 0 Å². The number of pyridine rings is 1. The van der Waals surface area contributed by atoms with Crippen molar-refractivity contribution < 1.29 is 60.9 Å². The first kappa shape index (κ1) is 27.5. The summed E-state index contributed by atoms with van der Waals surface area (Å²) in [5.74, 6) is 0.757. The summed E-state index contributed by atoms with van der Waals surface area (Å²) in [6.45, 7) is 4.59. The summed E-state index contributed by atoms with van der Waals surface area (Å²) in [6.07, 6.45) is 2.06. The molecule has 0 radical (unpaired) electrons. The predicted octanol–water partition coefficient (Wildman–Crippen LogP) is 1.72. The summed E-state index contributed by atoms with van der Waals surface area (Å²) >= 11 is 0. The molecule has 29 heavy (non-hydrogen) atoms. The van der Waals surface area contributed by atoms with Gasteiger partial charge in [-0.05, 0) is 35.9 Å². The van der Waals surface area contributed by atoms with E-state index in [1.807, 2.05) is 66.7 Å². The van der Waals surface area contributed by atoms with Crippen LogP contribution in [0.15, 0.2) is 72.9 Å². The molecule has 3 aromatic rings. The molecule has 2 aromatic carbocycles. The second-order valence-electron chi connectivity index (χ2n) is 5.85. The Morgan fingerprint density at radius 2 is 1.59 bits per heavy atom. The van der Waals surface area contributed by atoms with E-state index in [4.69, 9.17) is 4.74 Å². The Balaban J connectivity index is 0.00000261. The number of hydrogen-bond acceptors (Lipinski definition) is 3. The summed E-state index contributed by atoms with van der Waals surface area (Å²) in [6, 6.07) is 21.5. The van der Waals surface area contributed by atoms with Gasteiger partial charge >= 0.3 is 51.4 Å². The van der Waals surface area contributed by atoms with Crippen molar-refractivity contribution in [3.63, 3.8) is 0 Å². The van der Waals surface area contributed by atoms with Gasteiger partial charge < -0.3 is 31.8 Å². The molecule has 3 rings (SSSR count). The van der Waals surface area contributed by atoms with E-state index in [2.05, 4.69) is 17.2 Å². The maximum Gasteiger partial charge on any atom is 1.00 e. The number of aromatic nitrogens is 1. The van der Waals surface area contributed by atoms with E-state index in [1.54, 1.807) is 6.20 Å². The number of hydrogen-bond donors (Lipinski definition) is 1. The Hall–Kier alpha value is -1.50. The summed E-state index contributed by atoms with van der Waals surface area (Å²) in [7, 11) is 0. The van der Waals surface area contributed by atoms with E-state index in [-0.39, 0.29) is 78.6 Å². The summed E-state index contributed by atoms with van der Waals surface area (Å²) in [5.41, 5.74) is 3.88. The molecule has 5 heteroatoms. The molecular formula is C24H27KN2O2-2. The first-order valence-corrected chi connectivity index (χ1v) is 8.52. The van der Waals surface area contributed by atoms with Crippen LogP contribution in [0.3, 0.4) is 0 Å². The number of carbonyl (C=O) groups is 1. The first-order chi connectivity index (χ1) is 12.7. The van der Waals surface area contributed by atoms with Crippen molar-refractivity contribution in [1.82, 2.24) is 10.3 Å². The van der Waals surface area contributed by atoms with Gasteiger partial charge in [0, 0.05) is 24.0 Å². The van der Waals surface area contributed by atoms with E-state index in [0.29, 0.717) is 13.2 Å². The fraction of sp³-hybridized carbons (Fsp3) is 0.125. The molecule has 0 saturated carbocycles. The number of amides is 1. The van der Waals surface area contributed by atoms with Crippen molar-refractivity contribution in [3.8, 4) is 16.9 Å². The van der Waals surface area contributed by atoms with Gasteiger partial charge in [0.1, 0.15) is 5.75 Å². The van der Waals surface area contributed by atoms with Crippen LogP contribution in [0.2, 0.25) is 0 Å². The second kappa shape index (κ2) is 14.5. The molecule has 0 unspecified atom stereocenters. The van der Waals surface area contributed by atoms with Crippen molar-refractivity contribution in [2.75, 3.05) is 6.61 Å². The normalized spacial score (nSPS) is 9.28. The largest absolute Gasteiger partial charge is 1.00 e. The predicted molar refractivity (Wildman–Crippen MR) is 115 cm³/mol. The quantitative estimate of drug-likeness (QED) is 0.473. The van der Waals surface area contributed by atoms with E-state index < -0.39 is 0 Å². The summed E-state index contributed by atoms with van der Waals surface area (Å²) < 4.78 is 5.34. The van der Waals surface area contributed by atoms with Crippen molar-refractivity contribution in [1.29, 1.82) is 0 Å². The zero-order valence-corrected chi connectivity index (χ0v) is 20.6. The topological polar surface area (TPSA) is 51.2 Å². The zero-order valence-electron chi connectivity index (χ0n) is 17.5. The number of benzene rings is 2. The maximum atomic E-state index is 12.1. The minimum Gasteiger partial charge on any atom is -0.525 e. The molecule has 1 heterocycles. The number of nitrogens with zero attached hydrogens (tertiary/aromatic N) is 1. The molecule has 1 aromatic heterocycles. The van der Waals surface area contributed by atoms with Gasteiger partial charge in [-0.1, -0.05) is 48.5 Å². The molecule has 1 N–H and O–H groups in total. The molecule has 0 bridgehead atoms. The SMILES string of the molecule is [CH2-]COc1ccc(-c2ccc(CC(=O)NCc3ccccc3)nc2)cc1.[CH3-].[CH3-].[K+]. The molecule has 0 aliphatic carbocycles. The standard InChI is InChI=1S/C22H21N2O2.2CH3.K/c1-2-26-21-12-9-18(10-13-21)19-8-11-20(23-16-19)14-22(25)24-15-17-6-4-3-5-7-17;;;/h3-13,16H,1-2,14-15H2,(H,24,25);2*1H3;/q3*-1;+1. The minimum atomic E-state index is -0.0382. The molecule has 0 fully saturated rings. The molecule has 0 atom stereocenters. The number of carbonyl (C=O) groups excluding carboxylic acids is 1. The molecule has 148 valence electrons. The van der Waals surface area contributed by atoms with Crippen molar-refractivity contribution in [2.45, 2.75) is 13.0 Å². The van der Waals surface area contributed by atoms with Crippen molar-refractivity contribution in [2.24, 2.45) is 0 Å². The molecule has 4 nitrogen and oxygen atoms in total. The van der Waals surface area contributed by atoms with Crippen LogP contribution in [-0.4, -0.2) is 17.5 Å². The van der Waals surface area contributed by atoms with Gasteiger partial charge in [0.05, 0.1) is 6.42 Å². The van der Waals surface area contributed by atoms with Crippen molar-refractivity contribution in [3.05, 3.63) is 106 Å². The van der Waals surface area contributed by atoms with E-state index in [0.717, 1.165) is 28.1 Å². The average Bonchev–Trinajstić information content (AvgIpc) is 2.69.